The van der Waals surface area contributed by atoms with Gasteiger partial charge in [0.2, 0.25) is 0 Å². The molecular formula is C11H13BrN2. The molecule has 0 saturated carbocycles. The quantitative estimate of drug-likeness (QED) is 0.846. The third kappa shape index (κ3) is 1.47. The maximum Gasteiger partial charge on any atom is 0.0876 e. The maximum atomic E-state index is 3.55. The van der Waals surface area contributed by atoms with Crippen LogP contribution in [0.3, 0.4) is 0 Å². The van der Waals surface area contributed by atoms with E-state index in [2.05, 4.69) is 51.4 Å². The topological polar surface area (TPSA) is 27.8 Å². The van der Waals surface area contributed by atoms with Crippen LogP contribution >= 0.6 is 15.9 Å². The van der Waals surface area contributed by atoms with E-state index in [1.165, 1.54) is 22.0 Å². The van der Waals surface area contributed by atoms with Crippen molar-refractivity contribution in [2.24, 2.45) is 0 Å². The zero-order valence-corrected chi connectivity index (χ0v) is 9.90. The summed E-state index contributed by atoms with van der Waals surface area (Å²) in [6.45, 7) is 3.00. The molecule has 0 fully saturated rings. The van der Waals surface area contributed by atoms with Crippen LogP contribution in [0.1, 0.15) is 11.1 Å². The lowest BCUT2D eigenvalue weighted by Gasteiger charge is -1.99. The number of aromatic amines is 1. The van der Waals surface area contributed by atoms with E-state index in [4.69, 9.17) is 0 Å². The predicted molar refractivity (Wildman–Crippen MR) is 63.5 cm³/mol. The first-order valence-electron chi connectivity index (χ1n) is 4.64. The fourth-order valence-electron chi connectivity index (χ4n) is 1.74. The lowest BCUT2D eigenvalue weighted by Crippen LogP contribution is -2.04. The number of aromatic nitrogens is 1. The summed E-state index contributed by atoms with van der Waals surface area (Å²) in [5, 5.41) is 4.47. The normalized spacial score (nSPS) is 11.1. The Kier molecular flexibility index (Phi) is 2.61. The number of rotatable bonds is 2. The SMILES string of the molecule is CNCc1c(Br)[nH]c2c(C)cccc12. The number of halogens is 1. The number of hydrogen-bond acceptors (Lipinski definition) is 1. The van der Waals surface area contributed by atoms with Crippen molar-refractivity contribution >= 4 is 26.8 Å². The van der Waals surface area contributed by atoms with E-state index in [0.717, 1.165) is 11.1 Å². The summed E-state index contributed by atoms with van der Waals surface area (Å²) in [7, 11) is 1.96. The van der Waals surface area contributed by atoms with E-state index < -0.39 is 0 Å². The molecule has 2 N–H and O–H groups in total. The van der Waals surface area contributed by atoms with Gasteiger partial charge >= 0.3 is 0 Å². The number of H-pyrrole nitrogens is 1. The molecule has 14 heavy (non-hydrogen) atoms. The highest BCUT2D eigenvalue weighted by Crippen LogP contribution is 2.28. The van der Waals surface area contributed by atoms with Crippen LogP contribution in [-0.2, 0) is 6.54 Å². The second kappa shape index (κ2) is 3.75. The van der Waals surface area contributed by atoms with Crippen LogP contribution in [0.5, 0.6) is 0 Å². The lowest BCUT2D eigenvalue weighted by atomic mass is 10.1. The Hall–Kier alpha value is -0.800. The van der Waals surface area contributed by atoms with E-state index >= 15 is 0 Å². The minimum absolute atomic E-state index is 0.879. The molecule has 0 amide bonds. The Morgan fingerprint density at radius 3 is 2.93 bits per heavy atom. The molecule has 0 saturated heterocycles. The van der Waals surface area contributed by atoms with Crippen LogP contribution in [0.4, 0.5) is 0 Å². The van der Waals surface area contributed by atoms with Crippen molar-refractivity contribution in [3.8, 4) is 0 Å². The van der Waals surface area contributed by atoms with Crippen LogP contribution < -0.4 is 5.32 Å². The number of para-hydroxylation sites is 1. The van der Waals surface area contributed by atoms with Gasteiger partial charge < -0.3 is 10.3 Å². The largest absolute Gasteiger partial charge is 0.349 e. The minimum atomic E-state index is 0.879. The van der Waals surface area contributed by atoms with Gasteiger partial charge in [-0.2, -0.15) is 0 Å². The Balaban J connectivity index is 2.70. The summed E-state index contributed by atoms with van der Waals surface area (Å²) in [4.78, 5) is 3.36. The van der Waals surface area contributed by atoms with Crippen LogP contribution in [0.15, 0.2) is 22.8 Å². The highest BCUT2D eigenvalue weighted by molar-refractivity contribution is 9.10. The lowest BCUT2D eigenvalue weighted by molar-refractivity contribution is 0.819. The molecule has 0 atom stereocenters. The zero-order valence-electron chi connectivity index (χ0n) is 8.32. The fraction of sp³-hybridized carbons (Fsp3) is 0.273. The van der Waals surface area contributed by atoms with Crippen LogP contribution in [0.25, 0.3) is 10.9 Å². The average molecular weight is 253 g/mol. The van der Waals surface area contributed by atoms with Gasteiger partial charge in [-0.3, -0.25) is 0 Å². The van der Waals surface area contributed by atoms with Crippen molar-refractivity contribution in [3.63, 3.8) is 0 Å². The van der Waals surface area contributed by atoms with Crippen molar-refractivity contribution in [1.29, 1.82) is 0 Å². The molecule has 1 aromatic heterocycles. The minimum Gasteiger partial charge on any atom is -0.349 e. The molecule has 2 rings (SSSR count). The Morgan fingerprint density at radius 2 is 2.21 bits per heavy atom. The summed E-state index contributed by atoms with van der Waals surface area (Å²) in [5.74, 6) is 0. The molecular weight excluding hydrogens is 240 g/mol. The first-order chi connectivity index (χ1) is 6.74. The van der Waals surface area contributed by atoms with Crippen molar-refractivity contribution in [2.45, 2.75) is 13.5 Å². The third-order valence-corrected chi connectivity index (χ3v) is 3.13. The second-order valence-electron chi connectivity index (χ2n) is 3.45. The molecule has 0 unspecified atom stereocenters. The monoisotopic (exact) mass is 252 g/mol. The first-order valence-corrected chi connectivity index (χ1v) is 5.43. The van der Waals surface area contributed by atoms with E-state index in [0.29, 0.717) is 0 Å². The Bertz CT molecular complexity index is 460. The molecule has 1 aromatic carbocycles. The molecule has 0 radical (unpaired) electrons. The molecule has 2 aromatic rings. The number of benzene rings is 1. The summed E-state index contributed by atoms with van der Waals surface area (Å²) in [5.41, 5.74) is 3.81. The van der Waals surface area contributed by atoms with Crippen molar-refractivity contribution in [3.05, 3.63) is 33.9 Å². The summed E-state index contributed by atoms with van der Waals surface area (Å²) in [6, 6.07) is 6.36. The van der Waals surface area contributed by atoms with E-state index in [9.17, 15) is 0 Å². The Labute approximate surface area is 91.8 Å². The number of hydrogen-bond donors (Lipinski definition) is 2. The molecule has 0 aliphatic carbocycles. The van der Waals surface area contributed by atoms with Crippen molar-refractivity contribution in [1.82, 2.24) is 10.3 Å². The van der Waals surface area contributed by atoms with Crippen LogP contribution in [-0.4, -0.2) is 12.0 Å². The van der Waals surface area contributed by atoms with Gasteiger partial charge in [-0.15, -0.1) is 0 Å². The number of nitrogens with one attached hydrogen (secondary N) is 2. The van der Waals surface area contributed by atoms with Crippen LogP contribution in [0, 0.1) is 6.92 Å². The van der Waals surface area contributed by atoms with Crippen LogP contribution in [0.2, 0.25) is 0 Å². The molecule has 2 nitrogen and oxygen atoms in total. The van der Waals surface area contributed by atoms with Gasteiger partial charge in [0.1, 0.15) is 0 Å². The van der Waals surface area contributed by atoms with Gasteiger partial charge in [0.15, 0.2) is 0 Å². The second-order valence-corrected chi connectivity index (χ2v) is 4.24. The number of fused-ring (bicyclic) bond motifs is 1. The molecule has 74 valence electrons. The zero-order chi connectivity index (χ0) is 10.1. The highest BCUT2D eigenvalue weighted by Gasteiger charge is 2.09. The predicted octanol–water partition coefficient (Wildman–Crippen LogP) is 2.96. The summed E-state index contributed by atoms with van der Waals surface area (Å²) < 4.78 is 1.08. The number of aryl methyl sites for hydroxylation is 1. The first kappa shape index (κ1) is 9.74. The molecule has 0 aliphatic heterocycles. The molecule has 0 spiro atoms. The van der Waals surface area contributed by atoms with E-state index in [-0.39, 0.29) is 0 Å². The Morgan fingerprint density at radius 1 is 1.43 bits per heavy atom. The van der Waals surface area contributed by atoms with Gasteiger partial charge in [-0.25, -0.2) is 0 Å². The molecule has 3 heteroatoms. The van der Waals surface area contributed by atoms with Gasteiger partial charge in [-0.1, -0.05) is 18.2 Å². The fourth-order valence-corrected chi connectivity index (χ4v) is 2.29. The van der Waals surface area contributed by atoms with Crippen molar-refractivity contribution in [2.75, 3.05) is 7.05 Å². The van der Waals surface area contributed by atoms with E-state index in [1.807, 2.05) is 7.05 Å². The van der Waals surface area contributed by atoms with Gasteiger partial charge in [-0.05, 0) is 35.5 Å². The van der Waals surface area contributed by atoms with Crippen molar-refractivity contribution < 1.29 is 0 Å². The third-order valence-electron chi connectivity index (χ3n) is 2.45. The van der Waals surface area contributed by atoms with E-state index in [1.54, 1.807) is 0 Å². The standard InChI is InChI=1S/C11H13BrN2/c1-7-4-3-5-8-9(6-13-2)11(12)14-10(7)8/h3-5,13-14H,6H2,1-2H3. The maximum absolute atomic E-state index is 3.55. The summed E-state index contributed by atoms with van der Waals surface area (Å²) >= 11 is 3.55. The highest BCUT2D eigenvalue weighted by atomic mass is 79.9. The molecule has 0 aliphatic rings. The summed E-state index contributed by atoms with van der Waals surface area (Å²) in [6.07, 6.45) is 0. The average Bonchev–Trinajstić information content (AvgIpc) is 2.47. The molecule has 0 bridgehead atoms. The smallest absolute Gasteiger partial charge is 0.0876 e. The molecule has 1 heterocycles. The van der Waals surface area contributed by atoms with Gasteiger partial charge in [0.25, 0.3) is 0 Å². The van der Waals surface area contributed by atoms with Gasteiger partial charge in [0.05, 0.1) is 4.60 Å². The van der Waals surface area contributed by atoms with Gasteiger partial charge in [0, 0.05) is 23.0 Å².